The number of amides is 2. The lowest BCUT2D eigenvalue weighted by atomic mass is 9.85. The number of carbonyl (C=O) groups excluding carboxylic acids is 3. The Kier molecular flexibility index (Phi) is 8.74. The van der Waals surface area contributed by atoms with E-state index in [9.17, 15) is 14.4 Å². The minimum atomic E-state index is -0.0710. The van der Waals surface area contributed by atoms with Crippen LogP contribution in [0.2, 0.25) is 0 Å². The molecule has 6 rings (SSSR count). The van der Waals surface area contributed by atoms with Gasteiger partial charge in [0, 0.05) is 83.1 Å². The summed E-state index contributed by atoms with van der Waals surface area (Å²) in [5.41, 5.74) is 14.2. The number of aryl methyl sites for hydroxylation is 2. The van der Waals surface area contributed by atoms with E-state index in [0.717, 1.165) is 84.7 Å². The number of hydrogen-bond donors (Lipinski definition) is 4. The predicted molar refractivity (Wildman–Crippen MR) is 188 cm³/mol. The average molecular weight is 633 g/mol. The second-order valence-corrected chi connectivity index (χ2v) is 12.9. The quantitative estimate of drug-likeness (QED) is 0.189. The number of hydrogen-bond acceptors (Lipinski definition) is 5. The van der Waals surface area contributed by atoms with Gasteiger partial charge in [0.15, 0.2) is 5.78 Å². The first-order chi connectivity index (χ1) is 22.6. The maximum Gasteiger partial charge on any atom is 0.220 e. The van der Waals surface area contributed by atoms with E-state index in [1.807, 2.05) is 13.0 Å². The van der Waals surface area contributed by atoms with Crippen LogP contribution in [0.3, 0.4) is 0 Å². The molecule has 0 fully saturated rings. The summed E-state index contributed by atoms with van der Waals surface area (Å²) in [6.45, 7) is 17.2. The summed E-state index contributed by atoms with van der Waals surface area (Å²) >= 11 is 0. The molecule has 1 aliphatic carbocycles. The van der Waals surface area contributed by atoms with Crippen molar-refractivity contribution in [3.8, 4) is 0 Å². The Hall–Kier alpha value is -4.79. The van der Waals surface area contributed by atoms with Crippen molar-refractivity contribution in [2.24, 2.45) is 0 Å². The Morgan fingerprint density at radius 3 is 2.36 bits per heavy atom. The third kappa shape index (κ3) is 5.72. The Morgan fingerprint density at radius 2 is 1.66 bits per heavy atom. The third-order valence-electron chi connectivity index (χ3n) is 10.1. The Labute approximate surface area is 275 Å². The Bertz CT molecular complexity index is 2030. The zero-order chi connectivity index (χ0) is 33.6. The van der Waals surface area contributed by atoms with Crippen LogP contribution in [0.4, 0.5) is 0 Å². The van der Waals surface area contributed by atoms with Gasteiger partial charge in [-0.2, -0.15) is 0 Å². The van der Waals surface area contributed by atoms with Crippen LogP contribution in [-0.2, 0) is 16.0 Å². The number of fused-ring (bicyclic) bond motifs is 8. The number of rotatable bonds is 9. The molecule has 2 unspecified atom stereocenters. The summed E-state index contributed by atoms with van der Waals surface area (Å²) in [5.74, 6) is -0.0665. The van der Waals surface area contributed by atoms with Crippen LogP contribution in [0.25, 0.3) is 39.3 Å². The highest BCUT2D eigenvalue weighted by Gasteiger charge is 2.36. The van der Waals surface area contributed by atoms with Crippen LogP contribution in [-0.4, -0.2) is 50.6 Å². The minimum Gasteiger partial charge on any atom is -0.355 e. The average Bonchev–Trinajstić information content (AvgIpc) is 3.80. The minimum absolute atomic E-state index is 0.0154. The third-order valence-corrected chi connectivity index (χ3v) is 10.1. The predicted octanol–water partition coefficient (Wildman–Crippen LogP) is 6.96. The summed E-state index contributed by atoms with van der Waals surface area (Å²) in [6, 6.07) is 6.28. The van der Waals surface area contributed by atoms with E-state index in [-0.39, 0.29) is 35.9 Å². The maximum atomic E-state index is 13.6. The summed E-state index contributed by atoms with van der Waals surface area (Å²) in [7, 11) is 0. The number of allylic oxidation sites excluding steroid dienone is 2. The molecule has 2 amide bonds. The lowest BCUT2D eigenvalue weighted by Gasteiger charge is -2.17. The van der Waals surface area contributed by atoms with Crippen molar-refractivity contribution in [3.05, 3.63) is 75.4 Å². The van der Waals surface area contributed by atoms with Gasteiger partial charge in [0.25, 0.3) is 0 Å². The van der Waals surface area contributed by atoms with E-state index in [0.29, 0.717) is 32.4 Å². The first-order valence-corrected chi connectivity index (χ1v) is 16.7. The SMILES string of the molecule is C=Cc1c(C)c2cc3nc(c4c5[nH]c(cc6nc(cc1[nH]2)C(C)=C6CC)c(C)c5C(=O)C4)C(CCC(=O)NCCNC(=O)CC)C3C. The number of ketones is 1. The van der Waals surface area contributed by atoms with Crippen LogP contribution in [0.1, 0.15) is 121 Å². The summed E-state index contributed by atoms with van der Waals surface area (Å²) in [6.07, 6.45) is 4.30. The zero-order valence-electron chi connectivity index (χ0n) is 28.2. The number of H-pyrrole nitrogens is 2. The number of Topliss-reactive ketones (excluding diaryl/α,β-unsaturated/α-hetero) is 1. The van der Waals surface area contributed by atoms with Gasteiger partial charge in [-0.05, 0) is 74.1 Å². The summed E-state index contributed by atoms with van der Waals surface area (Å²) in [4.78, 5) is 55.6. The molecule has 0 aromatic carbocycles. The van der Waals surface area contributed by atoms with E-state index < -0.39 is 0 Å². The van der Waals surface area contributed by atoms with Crippen molar-refractivity contribution in [1.29, 1.82) is 0 Å². The molecule has 5 heterocycles. The van der Waals surface area contributed by atoms with Crippen molar-refractivity contribution in [1.82, 2.24) is 30.6 Å². The Balaban J connectivity index is 1.52. The highest BCUT2D eigenvalue weighted by Crippen LogP contribution is 2.44. The normalized spacial score (nSPS) is 16.9. The summed E-state index contributed by atoms with van der Waals surface area (Å²) < 4.78 is 0. The zero-order valence-corrected chi connectivity index (χ0v) is 28.2. The van der Waals surface area contributed by atoms with Crippen molar-refractivity contribution in [2.45, 2.75) is 85.5 Å². The first kappa shape index (κ1) is 32.2. The van der Waals surface area contributed by atoms with Crippen molar-refractivity contribution in [3.63, 3.8) is 0 Å². The van der Waals surface area contributed by atoms with Gasteiger partial charge in [-0.1, -0.05) is 33.4 Å². The molecule has 9 nitrogen and oxygen atoms in total. The van der Waals surface area contributed by atoms with E-state index >= 15 is 0 Å². The van der Waals surface area contributed by atoms with Gasteiger partial charge in [-0.25, -0.2) is 4.98 Å². The highest BCUT2D eigenvalue weighted by molar-refractivity contribution is 6.13. The van der Waals surface area contributed by atoms with E-state index in [1.165, 1.54) is 5.57 Å². The number of nitrogens with zero attached hydrogens (tertiary/aromatic N) is 2. The molecule has 0 saturated heterocycles. The standard InChI is InChI=1S/C38H44N6O3/c1-8-23-19(4)27-16-29-21(6)25(11-12-35(47)40-14-13-39-34(46)10-3)37(43-29)26-15-33(45)36-22(7)30(44-38(26)36)18-32-24(9-2)20(5)28(42-32)17-31(23)41-27/h8,16-18,21,25,41,44H,1,9-15H2,2-7H3,(H,39,46)(H,40,47). The monoisotopic (exact) mass is 632 g/mol. The lowest BCUT2D eigenvalue weighted by molar-refractivity contribution is -0.122. The molecule has 244 valence electrons. The van der Waals surface area contributed by atoms with Crippen molar-refractivity contribution >= 4 is 56.9 Å². The van der Waals surface area contributed by atoms with Crippen LogP contribution >= 0.6 is 0 Å². The molecular formula is C38H44N6O3. The largest absolute Gasteiger partial charge is 0.355 e. The molecule has 0 saturated carbocycles. The highest BCUT2D eigenvalue weighted by atomic mass is 16.2. The molecule has 2 aliphatic heterocycles. The van der Waals surface area contributed by atoms with Crippen molar-refractivity contribution < 1.29 is 14.4 Å². The van der Waals surface area contributed by atoms with Gasteiger partial charge in [0.1, 0.15) is 0 Å². The second kappa shape index (κ2) is 12.8. The molecule has 3 aromatic heterocycles. The molecule has 3 aromatic rings. The fourth-order valence-corrected chi connectivity index (χ4v) is 7.33. The molecule has 9 heteroatoms. The molecule has 3 aliphatic rings. The first-order valence-electron chi connectivity index (χ1n) is 16.7. The van der Waals surface area contributed by atoms with Gasteiger partial charge >= 0.3 is 0 Å². The van der Waals surface area contributed by atoms with E-state index in [4.69, 9.17) is 9.97 Å². The molecule has 47 heavy (non-hydrogen) atoms. The van der Waals surface area contributed by atoms with Gasteiger partial charge in [-0.15, -0.1) is 0 Å². The molecule has 2 atom stereocenters. The number of carbonyl (C=O) groups is 3. The molecule has 0 radical (unpaired) electrons. The smallest absolute Gasteiger partial charge is 0.220 e. The Morgan fingerprint density at radius 1 is 0.957 bits per heavy atom. The number of nitrogens with one attached hydrogen (secondary N) is 4. The van der Waals surface area contributed by atoms with Crippen LogP contribution in [0.15, 0.2) is 24.8 Å². The van der Waals surface area contributed by atoms with Gasteiger partial charge in [-0.3, -0.25) is 19.4 Å². The lowest BCUT2D eigenvalue weighted by Crippen LogP contribution is -2.34. The molecule has 4 N–H and O–H groups in total. The maximum absolute atomic E-state index is 13.6. The number of aromatic amines is 2. The van der Waals surface area contributed by atoms with E-state index in [2.05, 4.69) is 73.1 Å². The molecule has 0 spiro atoms. The van der Waals surface area contributed by atoms with Crippen LogP contribution < -0.4 is 10.6 Å². The van der Waals surface area contributed by atoms with Gasteiger partial charge in [0.05, 0.1) is 22.6 Å². The molecule has 8 bridgehead atoms. The van der Waals surface area contributed by atoms with Crippen LogP contribution in [0.5, 0.6) is 0 Å². The second-order valence-electron chi connectivity index (χ2n) is 12.9. The fraction of sp³-hybridized carbons (Fsp3) is 0.395. The van der Waals surface area contributed by atoms with Crippen molar-refractivity contribution in [2.75, 3.05) is 13.1 Å². The fourth-order valence-electron chi connectivity index (χ4n) is 7.33. The summed E-state index contributed by atoms with van der Waals surface area (Å²) in [5, 5.41) is 5.72. The van der Waals surface area contributed by atoms with Crippen LogP contribution in [0, 0.1) is 13.8 Å². The van der Waals surface area contributed by atoms with E-state index in [1.54, 1.807) is 6.92 Å². The molecular weight excluding hydrogens is 588 g/mol. The number of aromatic nitrogens is 4. The van der Waals surface area contributed by atoms with Gasteiger partial charge in [0.2, 0.25) is 11.8 Å². The topological polar surface area (TPSA) is 133 Å². The van der Waals surface area contributed by atoms with Gasteiger partial charge < -0.3 is 20.6 Å².